The van der Waals surface area contributed by atoms with Gasteiger partial charge in [-0.2, -0.15) is 4.98 Å². The minimum absolute atomic E-state index is 0.0265. The maximum absolute atomic E-state index is 15.0. The number of piperazine rings is 1. The van der Waals surface area contributed by atoms with Crippen molar-refractivity contribution in [1.29, 1.82) is 0 Å². The van der Waals surface area contributed by atoms with E-state index in [1.165, 1.54) is 35.0 Å². The molecular formula is C29H23FN6O4S. The van der Waals surface area contributed by atoms with Crippen LogP contribution in [-0.2, 0) is 10.5 Å². The predicted octanol–water partition coefficient (Wildman–Crippen LogP) is 4.21. The molecule has 6 rings (SSSR count). The molecule has 2 amide bonds. The van der Waals surface area contributed by atoms with E-state index in [1.807, 2.05) is 24.3 Å². The molecule has 5 aromatic rings. The molecule has 10 nitrogen and oxygen atoms in total. The van der Waals surface area contributed by atoms with Crippen LogP contribution < -0.4 is 0 Å². The number of nitrogens with zero attached hydrogens (tertiary/aromatic N) is 5. The highest BCUT2D eigenvalue weighted by Crippen LogP contribution is 2.32. The largest absolute Gasteiger partial charge is 0.360 e. The van der Waals surface area contributed by atoms with Crippen LogP contribution in [0.15, 0.2) is 82.6 Å². The highest BCUT2D eigenvalue weighted by molar-refractivity contribution is 7.98. The molecule has 0 unspecified atom stereocenters. The Morgan fingerprint density at radius 3 is 2.46 bits per heavy atom. The van der Waals surface area contributed by atoms with Gasteiger partial charge in [-0.25, -0.2) is 9.37 Å². The van der Waals surface area contributed by atoms with Crippen LogP contribution in [0.1, 0.15) is 26.5 Å². The second kappa shape index (κ2) is 11.3. The second-order valence-electron chi connectivity index (χ2n) is 9.30. The van der Waals surface area contributed by atoms with Gasteiger partial charge in [-0.05, 0) is 36.4 Å². The van der Waals surface area contributed by atoms with Crippen molar-refractivity contribution in [1.82, 2.24) is 29.9 Å². The summed E-state index contributed by atoms with van der Waals surface area (Å²) >= 11 is 1.44. The number of aromatic amines is 1. The Bertz CT molecular complexity index is 1730. The van der Waals surface area contributed by atoms with Crippen molar-refractivity contribution < 1.29 is 23.3 Å². The van der Waals surface area contributed by atoms with E-state index >= 15 is 4.39 Å². The van der Waals surface area contributed by atoms with Crippen LogP contribution in [0.4, 0.5) is 4.39 Å². The number of thioether (sulfide) groups is 1. The minimum Gasteiger partial charge on any atom is -0.360 e. The highest BCUT2D eigenvalue weighted by Gasteiger charge is 2.31. The maximum atomic E-state index is 15.0. The molecule has 1 aliphatic heterocycles. The van der Waals surface area contributed by atoms with E-state index in [0.717, 1.165) is 5.03 Å². The number of aromatic nitrogens is 4. The Labute approximate surface area is 237 Å². The number of fused-ring (bicyclic) bond motifs is 1. The summed E-state index contributed by atoms with van der Waals surface area (Å²) in [6.07, 6.45) is 3.02. The van der Waals surface area contributed by atoms with Crippen molar-refractivity contribution in [3.05, 3.63) is 95.8 Å². The van der Waals surface area contributed by atoms with Gasteiger partial charge in [0.05, 0.1) is 27.4 Å². The first-order chi connectivity index (χ1) is 20.0. The zero-order chi connectivity index (χ0) is 28.3. The summed E-state index contributed by atoms with van der Waals surface area (Å²) in [6.45, 7) is 0.968. The van der Waals surface area contributed by atoms with Crippen LogP contribution in [0, 0.1) is 5.82 Å². The van der Waals surface area contributed by atoms with Crippen LogP contribution in [0.2, 0.25) is 0 Å². The van der Waals surface area contributed by atoms with E-state index in [1.54, 1.807) is 35.4 Å². The van der Waals surface area contributed by atoms with E-state index in [4.69, 9.17) is 4.52 Å². The number of carbonyl (C=O) groups is 3. The van der Waals surface area contributed by atoms with Crippen molar-refractivity contribution in [2.75, 3.05) is 26.2 Å². The number of nitrogens with one attached hydrogen (secondary N) is 1. The lowest BCUT2D eigenvalue weighted by Gasteiger charge is -2.34. The number of ketones is 1. The molecule has 0 radical (unpaired) electrons. The summed E-state index contributed by atoms with van der Waals surface area (Å²) in [4.78, 5) is 53.7. The third-order valence-corrected chi connectivity index (χ3v) is 7.72. The zero-order valence-corrected chi connectivity index (χ0v) is 22.4. The number of pyridine rings is 1. The summed E-state index contributed by atoms with van der Waals surface area (Å²) in [6, 6.07) is 17.2. The van der Waals surface area contributed by atoms with Gasteiger partial charge in [0.25, 0.3) is 23.5 Å². The Morgan fingerprint density at radius 1 is 0.951 bits per heavy atom. The van der Waals surface area contributed by atoms with Gasteiger partial charge in [0.1, 0.15) is 5.82 Å². The van der Waals surface area contributed by atoms with Crippen LogP contribution in [-0.4, -0.2) is 73.7 Å². The molecule has 41 heavy (non-hydrogen) atoms. The minimum atomic E-state index is -0.840. The molecular weight excluding hydrogens is 547 g/mol. The van der Waals surface area contributed by atoms with E-state index < -0.39 is 17.5 Å². The average Bonchev–Trinajstić information content (AvgIpc) is 3.69. The summed E-state index contributed by atoms with van der Waals surface area (Å²) in [7, 11) is 0. The molecule has 2 aromatic carbocycles. The normalized spacial score (nSPS) is 13.5. The smallest absolute Gasteiger partial charge is 0.295 e. The molecule has 0 saturated carbocycles. The van der Waals surface area contributed by atoms with Crippen LogP contribution in [0.5, 0.6) is 0 Å². The fraction of sp³-hybridized carbons (Fsp3) is 0.172. The lowest BCUT2D eigenvalue weighted by atomic mass is 10.0. The molecule has 1 fully saturated rings. The van der Waals surface area contributed by atoms with Gasteiger partial charge in [0, 0.05) is 49.5 Å². The Morgan fingerprint density at radius 2 is 1.71 bits per heavy atom. The van der Waals surface area contributed by atoms with Crippen molar-refractivity contribution in [2.24, 2.45) is 0 Å². The monoisotopic (exact) mass is 570 g/mol. The molecule has 0 spiro atoms. The molecule has 12 heteroatoms. The number of amides is 2. The Hall–Kier alpha value is -4.84. The summed E-state index contributed by atoms with van der Waals surface area (Å²) < 4.78 is 20.5. The van der Waals surface area contributed by atoms with Gasteiger partial charge in [-0.15, -0.1) is 0 Å². The topological polar surface area (TPSA) is 125 Å². The fourth-order valence-corrected chi connectivity index (χ4v) is 5.40. The third kappa shape index (κ3) is 5.33. The van der Waals surface area contributed by atoms with Crippen LogP contribution >= 0.6 is 11.8 Å². The molecule has 1 saturated heterocycles. The number of Topliss-reactive ketones (excluding diaryl/α,β-unsaturated/α-hetero) is 1. The quantitative estimate of drug-likeness (QED) is 0.175. The van der Waals surface area contributed by atoms with Gasteiger partial charge in [0.15, 0.2) is 5.82 Å². The number of benzene rings is 2. The number of hydrogen-bond acceptors (Lipinski definition) is 8. The first-order valence-corrected chi connectivity index (χ1v) is 13.8. The fourth-order valence-electron chi connectivity index (χ4n) is 4.69. The van der Waals surface area contributed by atoms with Gasteiger partial charge in [0.2, 0.25) is 0 Å². The van der Waals surface area contributed by atoms with Crippen molar-refractivity contribution in [3.8, 4) is 11.5 Å². The molecule has 1 N–H and O–H groups in total. The van der Waals surface area contributed by atoms with Gasteiger partial charge >= 0.3 is 0 Å². The van der Waals surface area contributed by atoms with Crippen LogP contribution in [0.25, 0.3) is 22.4 Å². The second-order valence-corrected chi connectivity index (χ2v) is 10.3. The van der Waals surface area contributed by atoms with E-state index in [2.05, 4.69) is 20.1 Å². The van der Waals surface area contributed by atoms with Gasteiger partial charge < -0.3 is 19.3 Å². The van der Waals surface area contributed by atoms with Crippen molar-refractivity contribution in [3.63, 3.8) is 0 Å². The lowest BCUT2D eigenvalue weighted by Crippen LogP contribution is -2.52. The van der Waals surface area contributed by atoms with Gasteiger partial charge in [-0.1, -0.05) is 41.2 Å². The highest BCUT2D eigenvalue weighted by atomic mass is 32.2. The Balaban J connectivity index is 1.17. The number of carbonyl (C=O) groups excluding carboxylic acids is 3. The van der Waals surface area contributed by atoms with Crippen molar-refractivity contribution >= 4 is 40.3 Å². The maximum Gasteiger partial charge on any atom is 0.295 e. The number of hydrogen-bond donors (Lipinski definition) is 1. The third-order valence-electron chi connectivity index (χ3n) is 6.78. The zero-order valence-electron chi connectivity index (χ0n) is 21.6. The van der Waals surface area contributed by atoms with E-state index in [0.29, 0.717) is 22.7 Å². The summed E-state index contributed by atoms with van der Waals surface area (Å²) in [5.41, 5.74) is 1.15. The number of rotatable bonds is 7. The summed E-state index contributed by atoms with van der Waals surface area (Å²) in [5, 5.41) is 4.79. The summed E-state index contributed by atoms with van der Waals surface area (Å²) in [5.74, 6) is -1.39. The number of H-pyrrole nitrogens is 1. The Kier molecular flexibility index (Phi) is 7.30. The molecule has 0 atom stereocenters. The lowest BCUT2D eigenvalue weighted by molar-refractivity contribution is -0.127. The number of halogens is 1. The van der Waals surface area contributed by atoms with E-state index in [-0.39, 0.29) is 54.4 Å². The first kappa shape index (κ1) is 26.4. The van der Waals surface area contributed by atoms with Crippen LogP contribution in [0.3, 0.4) is 0 Å². The van der Waals surface area contributed by atoms with Gasteiger partial charge in [-0.3, -0.25) is 14.4 Å². The van der Waals surface area contributed by atoms with Crippen molar-refractivity contribution in [2.45, 2.75) is 10.8 Å². The van der Waals surface area contributed by atoms with E-state index in [9.17, 15) is 14.4 Å². The standard InChI is InChI=1S/C29H23FN6O4S/c30-21-10-9-19(27-33-22(34-40-27)17-41-23-8-4-5-11-31-23)25-24(21)20(16-32-25)26(37)29(39)36-14-12-35(13-15-36)28(38)18-6-2-1-3-7-18/h1-11,16,32H,12-15,17H2. The first-order valence-electron chi connectivity index (χ1n) is 12.8. The molecule has 206 valence electrons. The average molecular weight is 571 g/mol. The molecule has 0 aliphatic carbocycles. The molecule has 1 aliphatic rings. The molecule has 0 bridgehead atoms. The SMILES string of the molecule is O=C(C(=O)N1CCN(C(=O)c2ccccc2)CC1)c1c[nH]c2c(-c3nc(CSc4ccccn4)no3)ccc(F)c12. The molecule has 4 heterocycles. The molecule has 3 aromatic heterocycles. The predicted molar refractivity (Wildman–Crippen MR) is 149 cm³/mol.